The molecule has 0 aliphatic carbocycles. The third kappa shape index (κ3) is 4.65. The van der Waals surface area contributed by atoms with Gasteiger partial charge in [-0.05, 0) is 17.7 Å². The Labute approximate surface area is 162 Å². The number of nitro benzene ring substituents is 1. The molecule has 3 rings (SSSR count). The van der Waals surface area contributed by atoms with Crippen LogP contribution in [-0.4, -0.2) is 43.8 Å². The fraction of sp³-hybridized carbons (Fsp3) is 0.222. The minimum atomic E-state index is -3.51. The number of sulfonamides is 1. The van der Waals surface area contributed by atoms with Crippen LogP contribution in [0.25, 0.3) is 6.08 Å². The molecule has 2 aromatic rings. The summed E-state index contributed by atoms with van der Waals surface area (Å²) in [6, 6.07) is 13.5. The van der Waals surface area contributed by atoms with Crippen LogP contribution in [0.4, 0.5) is 11.4 Å². The van der Waals surface area contributed by atoms with Crippen molar-refractivity contribution in [2.75, 3.05) is 31.1 Å². The van der Waals surface area contributed by atoms with Gasteiger partial charge in [-0.1, -0.05) is 41.9 Å². The van der Waals surface area contributed by atoms with Crippen molar-refractivity contribution in [2.45, 2.75) is 0 Å². The molecule has 0 saturated carbocycles. The summed E-state index contributed by atoms with van der Waals surface area (Å²) in [5, 5.41) is 12.3. The number of non-ortho nitro benzene ring substituents is 1. The van der Waals surface area contributed by atoms with Gasteiger partial charge in [0.1, 0.15) is 0 Å². The number of piperazine rings is 1. The van der Waals surface area contributed by atoms with Crippen molar-refractivity contribution in [1.29, 1.82) is 0 Å². The van der Waals surface area contributed by atoms with Crippen LogP contribution >= 0.6 is 11.6 Å². The molecule has 0 radical (unpaired) electrons. The molecular weight excluding hydrogens is 390 g/mol. The van der Waals surface area contributed by atoms with Gasteiger partial charge in [0.05, 0.1) is 15.6 Å². The van der Waals surface area contributed by atoms with E-state index in [0.29, 0.717) is 31.9 Å². The predicted octanol–water partition coefficient (Wildman–Crippen LogP) is 3.37. The van der Waals surface area contributed by atoms with Crippen LogP contribution in [0.3, 0.4) is 0 Å². The molecule has 142 valence electrons. The van der Waals surface area contributed by atoms with Gasteiger partial charge in [0.25, 0.3) is 5.69 Å². The lowest BCUT2D eigenvalue weighted by Crippen LogP contribution is -2.48. The Balaban J connectivity index is 1.66. The Morgan fingerprint density at radius 2 is 1.70 bits per heavy atom. The summed E-state index contributed by atoms with van der Waals surface area (Å²) >= 11 is 6.16. The molecule has 1 heterocycles. The SMILES string of the molecule is O=[N+]([O-])c1ccc(N2CCN(S(=O)(=O)/C=C/c3ccccc3)CC2)c(Cl)c1. The Bertz CT molecular complexity index is 956. The lowest BCUT2D eigenvalue weighted by atomic mass is 10.2. The van der Waals surface area contributed by atoms with Gasteiger partial charge in [0, 0.05) is 43.7 Å². The van der Waals surface area contributed by atoms with Crippen LogP contribution in [0.15, 0.2) is 53.9 Å². The first-order valence-corrected chi connectivity index (χ1v) is 10.2. The molecule has 0 spiro atoms. The maximum Gasteiger partial charge on any atom is 0.271 e. The van der Waals surface area contributed by atoms with Crippen molar-refractivity contribution < 1.29 is 13.3 Å². The minimum Gasteiger partial charge on any atom is -0.368 e. The van der Waals surface area contributed by atoms with E-state index in [-0.39, 0.29) is 10.7 Å². The van der Waals surface area contributed by atoms with Gasteiger partial charge < -0.3 is 4.90 Å². The molecule has 0 aromatic heterocycles. The molecule has 7 nitrogen and oxygen atoms in total. The van der Waals surface area contributed by atoms with E-state index < -0.39 is 14.9 Å². The van der Waals surface area contributed by atoms with Crippen molar-refractivity contribution >= 4 is 39.1 Å². The Hall–Kier alpha value is -2.42. The van der Waals surface area contributed by atoms with Crippen LogP contribution < -0.4 is 4.90 Å². The summed E-state index contributed by atoms with van der Waals surface area (Å²) < 4.78 is 26.4. The molecule has 0 amide bonds. The monoisotopic (exact) mass is 407 g/mol. The van der Waals surface area contributed by atoms with Crippen molar-refractivity contribution in [3.05, 3.63) is 74.6 Å². The van der Waals surface area contributed by atoms with Crippen molar-refractivity contribution in [3.63, 3.8) is 0 Å². The van der Waals surface area contributed by atoms with Crippen molar-refractivity contribution in [3.8, 4) is 0 Å². The van der Waals surface area contributed by atoms with Crippen LogP contribution in [0.1, 0.15) is 5.56 Å². The molecule has 1 fully saturated rings. The van der Waals surface area contributed by atoms with Crippen molar-refractivity contribution in [2.24, 2.45) is 0 Å². The van der Waals surface area contributed by atoms with E-state index in [4.69, 9.17) is 11.6 Å². The van der Waals surface area contributed by atoms with Crippen LogP contribution in [-0.2, 0) is 10.0 Å². The average Bonchev–Trinajstić information content (AvgIpc) is 2.67. The Morgan fingerprint density at radius 1 is 1.04 bits per heavy atom. The van der Waals surface area contributed by atoms with Gasteiger partial charge in [0.15, 0.2) is 0 Å². The molecule has 0 N–H and O–H groups in total. The molecule has 9 heteroatoms. The van der Waals surface area contributed by atoms with Crippen LogP contribution in [0.5, 0.6) is 0 Å². The third-order valence-corrected chi connectivity index (χ3v) is 6.18. The topological polar surface area (TPSA) is 83.8 Å². The Morgan fingerprint density at radius 3 is 2.30 bits per heavy atom. The molecule has 1 aliphatic heterocycles. The second kappa shape index (κ2) is 8.08. The molecular formula is C18H18ClN3O4S. The van der Waals surface area contributed by atoms with Crippen LogP contribution in [0, 0.1) is 10.1 Å². The van der Waals surface area contributed by atoms with E-state index in [9.17, 15) is 18.5 Å². The largest absolute Gasteiger partial charge is 0.368 e. The van der Waals surface area contributed by atoms with Gasteiger partial charge in [0.2, 0.25) is 10.0 Å². The molecule has 0 atom stereocenters. The number of hydrogen-bond acceptors (Lipinski definition) is 5. The first kappa shape index (κ1) is 19.3. The standard InChI is InChI=1S/C18H18ClN3O4S/c19-17-14-16(22(23)24)6-7-18(17)20-9-11-21(12-10-20)27(25,26)13-8-15-4-2-1-3-5-15/h1-8,13-14H,9-12H2/b13-8+. The Kier molecular flexibility index (Phi) is 5.79. The van der Waals surface area contributed by atoms with E-state index in [1.165, 1.54) is 21.8 Å². The summed E-state index contributed by atoms with van der Waals surface area (Å²) in [6.45, 7) is 1.54. The first-order valence-electron chi connectivity index (χ1n) is 8.29. The van der Waals surface area contributed by atoms with Gasteiger partial charge in [-0.3, -0.25) is 10.1 Å². The van der Waals surface area contributed by atoms with E-state index >= 15 is 0 Å². The number of benzene rings is 2. The van der Waals surface area contributed by atoms with E-state index in [1.807, 2.05) is 35.2 Å². The summed E-state index contributed by atoms with van der Waals surface area (Å²) in [6.07, 6.45) is 1.58. The minimum absolute atomic E-state index is 0.0731. The zero-order chi connectivity index (χ0) is 19.4. The van der Waals surface area contributed by atoms with E-state index in [0.717, 1.165) is 5.56 Å². The normalized spacial score (nSPS) is 16.0. The van der Waals surface area contributed by atoms with E-state index in [1.54, 1.807) is 12.1 Å². The van der Waals surface area contributed by atoms with Gasteiger partial charge in [-0.2, -0.15) is 4.31 Å². The summed E-state index contributed by atoms with van der Waals surface area (Å²) in [5.74, 6) is 0. The zero-order valence-corrected chi connectivity index (χ0v) is 15.9. The first-order chi connectivity index (χ1) is 12.9. The number of nitrogens with zero attached hydrogens (tertiary/aromatic N) is 3. The van der Waals surface area contributed by atoms with Gasteiger partial charge >= 0.3 is 0 Å². The van der Waals surface area contributed by atoms with Gasteiger partial charge in [-0.25, -0.2) is 8.42 Å². The lowest BCUT2D eigenvalue weighted by Gasteiger charge is -2.35. The smallest absolute Gasteiger partial charge is 0.271 e. The summed E-state index contributed by atoms with van der Waals surface area (Å²) in [7, 11) is -3.51. The number of rotatable bonds is 5. The lowest BCUT2D eigenvalue weighted by molar-refractivity contribution is -0.384. The average molecular weight is 408 g/mol. The maximum absolute atomic E-state index is 12.5. The molecule has 27 heavy (non-hydrogen) atoms. The summed E-state index contributed by atoms with van der Waals surface area (Å²) in [5.41, 5.74) is 1.41. The predicted molar refractivity (Wildman–Crippen MR) is 106 cm³/mol. The molecule has 2 aromatic carbocycles. The zero-order valence-electron chi connectivity index (χ0n) is 14.4. The third-order valence-electron chi connectivity index (χ3n) is 4.31. The van der Waals surface area contributed by atoms with Crippen LogP contribution in [0.2, 0.25) is 5.02 Å². The summed E-state index contributed by atoms with van der Waals surface area (Å²) in [4.78, 5) is 12.2. The second-order valence-corrected chi connectivity index (χ2v) is 8.26. The number of hydrogen-bond donors (Lipinski definition) is 0. The number of anilines is 1. The number of halogens is 1. The highest BCUT2D eigenvalue weighted by Crippen LogP contribution is 2.30. The second-order valence-electron chi connectivity index (χ2n) is 6.04. The molecule has 1 aliphatic rings. The van der Waals surface area contributed by atoms with Crippen molar-refractivity contribution in [1.82, 2.24) is 4.31 Å². The highest BCUT2D eigenvalue weighted by molar-refractivity contribution is 7.92. The molecule has 0 unspecified atom stereocenters. The molecule has 1 saturated heterocycles. The fourth-order valence-electron chi connectivity index (χ4n) is 2.86. The van der Waals surface area contributed by atoms with Gasteiger partial charge in [-0.15, -0.1) is 0 Å². The maximum atomic E-state index is 12.5. The fourth-order valence-corrected chi connectivity index (χ4v) is 4.33. The molecule has 0 bridgehead atoms. The highest BCUT2D eigenvalue weighted by atomic mass is 35.5. The number of nitro groups is 1. The quantitative estimate of drug-likeness (QED) is 0.560. The highest BCUT2D eigenvalue weighted by Gasteiger charge is 2.26. The van der Waals surface area contributed by atoms with E-state index in [2.05, 4.69) is 0 Å².